The zero-order valence-electron chi connectivity index (χ0n) is 15.2. The van der Waals surface area contributed by atoms with Gasteiger partial charge in [-0.25, -0.2) is 13.1 Å². The molecule has 0 saturated carbocycles. The SMILES string of the molecule is COc1ccc(S(=O)(=O)NCC2(c3ccccc3)CCOCC2)c(C)c1. The lowest BCUT2D eigenvalue weighted by Gasteiger charge is -2.38. The first-order chi connectivity index (χ1) is 12.5. The van der Waals surface area contributed by atoms with Crippen molar-refractivity contribution >= 4 is 10.0 Å². The molecule has 2 aromatic carbocycles. The first-order valence-electron chi connectivity index (χ1n) is 8.74. The molecule has 0 amide bonds. The number of nitrogens with one attached hydrogen (secondary N) is 1. The fourth-order valence-electron chi connectivity index (χ4n) is 3.48. The van der Waals surface area contributed by atoms with Crippen LogP contribution in [0.3, 0.4) is 0 Å². The molecular weight excluding hydrogens is 350 g/mol. The Morgan fingerprint density at radius 1 is 1.12 bits per heavy atom. The summed E-state index contributed by atoms with van der Waals surface area (Å²) in [6.45, 7) is 3.41. The van der Waals surface area contributed by atoms with E-state index < -0.39 is 10.0 Å². The quantitative estimate of drug-likeness (QED) is 0.843. The lowest BCUT2D eigenvalue weighted by atomic mass is 9.74. The lowest BCUT2D eigenvalue weighted by Crippen LogP contribution is -2.44. The monoisotopic (exact) mass is 375 g/mol. The fraction of sp³-hybridized carbons (Fsp3) is 0.400. The van der Waals surface area contributed by atoms with Gasteiger partial charge in [0.1, 0.15) is 5.75 Å². The minimum absolute atomic E-state index is 0.243. The van der Waals surface area contributed by atoms with Crippen molar-refractivity contribution in [3.05, 3.63) is 59.7 Å². The normalized spacial score (nSPS) is 17.0. The lowest BCUT2D eigenvalue weighted by molar-refractivity contribution is 0.0517. The van der Waals surface area contributed by atoms with Crippen LogP contribution in [0.25, 0.3) is 0 Å². The van der Waals surface area contributed by atoms with Gasteiger partial charge in [-0.05, 0) is 49.1 Å². The third-order valence-electron chi connectivity index (χ3n) is 5.11. The van der Waals surface area contributed by atoms with E-state index in [2.05, 4.69) is 16.9 Å². The highest BCUT2D eigenvalue weighted by Crippen LogP contribution is 2.34. The van der Waals surface area contributed by atoms with Crippen molar-refractivity contribution in [1.82, 2.24) is 4.72 Å². The van der Waals surface area contributed by atoms with Gasteiger partial charge in [0.05, 0.1) is 12.0 Å². The Morgan fingerprint density at radius 2 is 1.81 bits per heavy atom. The zero-order valence-corrected chi connectivity index (χ0v) is 16.0. The highest BCUT2D eigenvalue weighted by molar-refractivity contribution is 7.89. The minimum Gasteiger partial charge on any atom is -0.497 e. The van der Waals surface area contributed by atoms with Crippen LogP contribution >= 0.6 is 0 Å². The van der Waals surface area contributed by atoms with Gasteiger partial charge in [-0.3, -0.25) is 0 Å². The van der Waals surface area contributed by atoms with Crippen LogP contribution in [0.4, 0.5) is 0 Å². The molecule has 5 nitrogen and oxygen atoms in total. The van der Waals surface area contributed by atoms with Crippen LogP contribution in [0.1, 0.15) is 24.0 Å². The average molecular weight is 375 g/mol. The summed E-state index contributed by atoms with van der Waals surface area (Å²) < 4.78 is 39.3. The van der Waals surface area contributed by atoms with Crippen LogP contribution in [0.15, 0.2) is 53.4 Å². The molecule has 140 valence electrons. The van der Waals surface area contributed by atoms with E-state index in [1.54, 1.807) is 32.2 Å². The standard InChI is InChI=1S/C20H25NO4S/c1-16-14-18(24-2)8-9-19(16)26(22,23)21-15-20(10-12-25-13-11-20)17-6-4-3-5-7-17/h3-9,14,21H,10-13,15H2,1-2H3. The second-order valence-corrected chi connectivity index (χ2v) is 8.45. The number of hydrogen-bond acceptors (Lipinski definition) is 4. The fourth-order valence-corrected chi connectivity index (χ4v) is 4.83. The van der Waals surface area contributed by atoms with E-state index in [1.807, 2.05) is 18.2 Å². The van der Waals surface area contributed by atoms with Gasteiger partial charge < -0.3 is 9.47 Å². The number of hydrogen-bond donors (Lipinski definition) is 1. The molecule has 1 saturated heterocycles. The molecule has 26 heavy (non-hydrogen) atoms. The summed E-state index contributed by atoms with van der Waals surface area (Å²) in [5, 5.41) is 0. The van der Waals surface area contributed by atoms with Crippen LogP contribution in [-0.2, 0) is 20.2 Å². The maximum Gasteiger partial charge on any atom is 0.240 e. The van der Waals surface area contributed by atoms with Crippen LogP contribution in [0.2, 0.25) is 0 Å². The highest BCUT2D eigenvalue weighted by Gasteiger charge is 2.35. The van der Waals surface area contributed by atoms with Crippen LogP contribution in [0.5, 0.6) is 5.75 Å². The van der Waals surface area contributed by atoms with E-state index in [1.165, 1.54) is 0 Å². The molecule has 1 heterocycles. The van der Waals surface area contributed by atoms with Crippen LogP contribution in [0, 0.1) is 6.92 Å². The molecule has 1 fully saturated rings. The van der Waals surface area contributed by atoms with Crippen molar-refractivity contribution < 1.29 is 17.9 Å². The van der Waals surface area contributed by atoms with Crippen molar-refractivity contribution in [3.8, 4) is 5.75 Å². The minimum atomic E-state index is -3.61. The molecular formula is C20H25NO4S. The summed E-state index contributed by atoms with van der Waals surface area (Å²) >= 11 is 0. The van der Waals surface area contributed by atoms with E-state index in [4.69, 9.17) is 9.47 Å². The maximum atomic E-state index is 12.9. The number of sulfonamides is 1. The Morgan fingerprint density at radius 3 is 2.42 bits per heavy atom. The van der Waals surface area contributed by atoms with Gasteiger partial charge in [0, 0.05) is 25.2 Å². The third kappa shape index (κ3) is 3.92. The Labute approximate surface area is 155 Å². The first-order valence-corrected chi connectivity index (χ1v) is 10.2. The number of ether oxygens (including phenoxy) is 2. The molecule has 0 atom stereocenters. The van der Waals surface area contributed by atoms with E-state index in [9.17, 15) is 8.42 Å². The van der Waals surface area contributed by atoms with Gasteiger partial charge in [0.25, 0.3) is 0 Å². The molecule has 6 heteroatoms. The Bertz CT molecular complexity index is 843. The molecule has 0 aliphatic carbocycles. The van der Waals surface area contributed by atoms with Gasteiger partial charge >= 0.3 is 0 Å². The molecule has 1 aliphatic rings. The van der Waals surface area contributed by atoms with Gasteiger partial charge in [-0.15, -0.1) is 0 Å². The third-order valence-corrected chi connectivity index (χ3v) is 6.67. The van der Waals surface area contributed by atoms with E-state index in [0.29, 0.717) is 31.1 Å². The first kappa shape index (κ1) is 18.9. The largest absolute Gasteiger partial charge is 0.497 e. The zero-order chi connectivity index (χ0) is 18.6. The van der Waals surface area contributed by atoms with Crippen molar-refractivity contribution in [1.29, 1.82) is 0 Å². The van der Waals surface area contributed by atoms with Crippen molar-refractivity contribution in [2.45, 2.75) is 30.1 Å². The number of aryl methyl sites for hydroxylation is 1. The predicted octanol–water partition coefficient (Wildman–Crippen LogP) is 3.03. The molecule has 0 aromatic heterocycles. The summed E-state index contributed by atoms with van der Waals surface area (Å²) in [7, 11) is -2.04. The predicted molar refractivity (Wildman–Crippen MR) is 101 cm³/mol. The van der Waals surface area contributed by atoms with Gasteiger partial charge in [-0.1, -0.05) is 30.3 Å². The molecule has 1 aliphatic heterocycles. The second kappa shape index (κ2) is 7.78. The van der Waals surface area contributed by atoms with E-state index >= 15 is 0 Å². The molecule has 0 spiro atoms. The molecule has 0 unspecified atom stereocenters. The molecule has 0 bridgehead atoms. The molecule has 3 rings (SSSR count). The van der Waals surface area contributed by atoms with Crippen LogP contribution < -0.4 is 9.46 Å². The molecule has 1 N–H and O–H groups in total. The summed E-state index contributed by atoms with van der Waals surface area (Å²) in [6.07, 6.45) is 1.59. The van der Waals surface area contributed by atoms with Gasteiger partial charge in [0.15, 0.2) is 0 Å². The number of benzene rings is 2. The van der Waals surface area contributed by atoms with Crippen LogP contribution in [-0.4, -0.2) is 35.3 Å². The van der Waals surface area contributed by atoms with Crippen molar-refractivity contribution in [2.75, 3.05) is 26.9 Å². The number of rotatable bonds is 6. The van der Waals surface area contributed by atoms with Gasteiger partial charge in [0.2, 0.25) is 10.0 Å². The smallest absolute Gasteiger partial charge is 0.240 e. The highest BCUT2D eigenvalue weighted by atomic mass is 32.2. The summed E-state index contributed by atoms with van der Waals surface area (Å²) in [6, 6.07) is 15.1. The van der Waals surface area contributed by atoms with E-state index in [-0.39, 0.29) is 10.3 Å². The summed E-state index contributed by atoms with van der Waals surface area (Å²) in [5.74, 6) is 0.645. The van der Waals surface area contributed by atoms with E-state index in [0.717, 1.165) is 18.4 Å². The van der Waals surface area contributed by atoms with Crippen molar-refractivity contribution in [3.63, 3.8) is 0 Å². The summed E-state index contributed by atoms with van der Waals surface area (Å²) in [5.41, 5.74) is 1.57. The maximum absolute atomic E-state index is 12.9. The van der Waals surface area contributed by atoms with Crippen molar-refractivity contribution in [2.24, 2.45) is 0 Å². The van der Waals surface area contributed by atoms with Gasteiger partial charge in [-0.2, -0.15) is 0 Å². The molecule has 2 aromatic rings. The average Bonchev–Trinajstić information content (AvgIpc) is 2.67. The Kier molecular flexibility index (Phi) is 5.65. The molecule has 0 radical (unpaired) electrons. The topological polar surface area (TPSA) is 64.6 Å². The number of methoxy groups -OCH3 is 1. The summed E-state index contributed by atoms with van der Waals surface area (Å²) in [4.78, 5) is 0.286. The Balaban J connectivity index is 1.85. The second-order valence-electron chi connectivity index (χ2n) is 6.71. The Hall–Kier alpha value is -1.89.